The molecule has 148 valence electrons. The van der Waals surface area contributed by atoms with Gasteiger partial charge < -0.3 is 9.64 Å². The SMILES string of the molecule is C[C@H]1CCCN(C(=O)COC(=O)c2ccc3c(c2)CCCN3S(C)(=O)=O)C1. The molecule has 1 amide bonds. The molecule has 1 atom stereocenters. The number of aryl methyl sites for hydroxylation is 1. The lowest BCUT2D eigenvalue weighted by Gasteiger charge is -2.30. The van der Waals surface area contributed by atoms with Crippen LogP contribution in [-0.2, 0) is 26.0 Å². The average molecular weight is 394 g/mol. The third kappa shape index (κ3) is 4.61. The average Bonchev–Trinajstić information content (AvgIpc) is 2.64. The van der Waals surface area contributed by atoms with Crippen molar-refractivity contribution in [1.29, 1.82) is 0 Å². The third-order valence-corrected chi connectivity index (χ3v) is 6.31. The number of piperidine rings is 1. The van der Waals surface area contributed by atoms with Gasteiger partial charge in [-0.1, -0.05) is 6.92 Å². The van der Waals surface area contributed by atoms with E-state index in [1.807, 2.05) is 0 Å². The van der Waals surface area contributed by atoms with Crippen LogP contribution in [0.15, 0.2) is 18.2 Å². The van der Waals surface area contributed by atoms with Crippen molar-refractivity contribution in [2.45, 2.75) is 32.6 Å². The van der Waals surface area contributed by atoms with Crippen molar-refractivity contribution in [3.63, 3.8) is 0 Å². The number of amides is 1. The van der Waals surface area contributed by atoms with Crippen molar-refractivity contribution < 1.29 is 22.7 Å². The normalized spacial score (nSPS) is 20.1. The Kier molecular flexibility index (Phi) is 5.74. The van der Waals surface area contributed by atoms with E-state index in [0.717, 1.165) is 18.4 Å². The number of carbonyl (C=O) groups is 2. The molecule has 7 nitrogen and oxygen atoms in total. The molecule has 2 heterocycles. The number of likely N-dealkylation sites (tertiary alicyclic amines) is 1. The van der Waals surface area contributed by atoms with E-state index < -0.39 is 16.0 Å². The second-order valence-electron chi connectivity index (χ2n) is 7.45. The summed E-state index contributed by atoms with van der Waals surface area (Å²) >= 11 is 0. The van der Waals surface area contributed by atoms with E-state index in [4.69, 9.17) is 4.74 Å². The number of rotatable bonds is 4. The summed E-state index contributed by atoms with van der Waals surface area (Å²) in [6.45, 7) is 3.70. The summed E-state index contributed by atoms with van der Waals surface area (Å²) in [5, 5.41) is 0. The van der Waals surface area contributed by atoms with E-state index in [1.54, 1.807) is 23.1 Å². The standard InChI is InChI=1S/C19H26N2O5S/c1-14-5-3-9-20(12-14)18(22)13-26-19(23)16-7-8-17-15(11-16)6-4-10-21(17)27(2,24)25/h7-8,11,14H,3-6,9-10,12-13H2,1-2H3/t14-/m0/s1. The Bertz CT molecular complexity index is 837. The summed E-state index contributed by atoms with van der Waals surface area (Å²) in [5.41, 5.74) is 1.75. The van der Waals surface area contributed by atoms with Gasteiger partial charge in [-0.25, -0.2) is 13.2 Å². The first-order valence-electron chi connectivity index (χ1n) is 9.31. The Morgan fingerprint density at radius 1 is 1.22 bits per heavy atom. The number of hydrogen-bond acceptors (Lipinski definition) is 5. The number of fused-ring (bicyclic) bond motifs is 1. The van der Waals surface area contributed by atoms with Gasteiger partial charge in [0.1, 0.15) is 0 Å². The van der Waals surface area contributed by atoms with Crippen LogP contribution >= 0.6 is 0 Å². The number of esters is 1. The van der Waals surface area contributed by atoms with Crippen LogP contribution in [0.25, 0.3) is 0 Å². The number of nitrogens with zero attached hydrogens (tertiary/aromatic N) is 2. The van der Waals surface area contributed by atoms with E-state index in [9.17, 15) is 18.0 Å². The molecule has 1 saturated heterocycles. The minimum atomic E-state index is -3.34. The quantitative estimate of drug-likeness (QED) is 0.728. The monoisotopic (exact) mass is 394 g/mol. The van der Waals surface area contributed by atoms with Crippen molar-refractivity contribution in [3.8, 4) is 0 Å². The Hall–Kier alpha value is -2.09. The minimum Gasteiger partial charge on any atom is -0.452 e. The largest absolute Gasteiger partial charge is 0.452 e. The van der Waals surface area contributed by atoms with Crippen molar-refractivity contribution >= 4 is 27.6 Å². The van der Waals surface area contributed by atoms with Crippen molar-refractivity contribution in [2.75, 3.05) is 36.8 Å². The van der Waals surface area contributed by atoms with Gasteiger partial charge in [0.2, 0.25) is 10.0 Å². The molecule has 0 aromatic heterocycles. The summed E-state index contributed by atoms with van der Waals surface area (Å²) in [6.07, 6.45) is 4.67. The van der Waals surface area contributed by atoms with E-state index in [-0.39, 0.29) is 12.5 Å². The first-order chi connectivity index (χ1) is 12.8. The van der Waals surface area contributed by atoms with Crippen LogP contribution in [0.4, 0.5) is 5.69 Å². The molecule has 8 heteroatoms. The van der Waals surface area contributed by atoms with E-state index in [2.05, 4.69) is 6.92 Å². The molecular formula is C19H26N2O5S. The molecule has 2 aliphatic rings. The van der Waals surface area contributed by atoms with Crippen LogP contribution < -0.4 is 4.31 Å². The van der Waals surface area contributed by atoms with Crippen LogP contribution in [0.1, 0.15) is 42.1 Å². The Balaban J connectivity index is 1.65. The van der Waals surface area contributed by atoms with Crippen LogP contribution in [0.3, 0.4) is 0 Å². The van der Waals surface area contributed by atoms with E-state index >= 15 is 0 Å². The van der Waals surface area contributed by atoms with Gasteiger partial charge in [-0.05, 0) is 55.4 Å². The first kappa shape index (κ1) is 19.7. The predicted molar refractivity (Wildman–Crippen MR) is 102 cm³/mol. The number of hydrogen-bond donors (Lipinski definition) is 0. The Morgan fingerprint density at radius 2 is 2.00 bits per heavy atom. The molecule has 3 rings (SSSR count). The van der Waals surface area contributed by atoms with E-state index in [0.29, 0.717) is 49.6 Å². The molecule has 1 fully saturated rings. The van der Waals surface area contributed by atoms with Crippen molar-refractivity contribution in [1.82, 2.24) is 4.90 Å². The van der Waals surface area contributed by atoms with Gasteiger partial charge in [0.05, 0.1) is 17.5 Å². The predicted octanol–water partition coefficient (Wildman–Crippen LogP) is 1.81. The molecule has 0 radical (unpaired) electrons. The summed E-state index contributed by atoms with van der Waals surface area (Å²) < 4.78 is 30.4. The van der Waals surface area contributed by atoms with Gasteiger partial charge in [0.15, 0.2) is 6.61 Å². The number of sulfonamides is 1. The van der Waals surface area contributed by atoms with Gasteiger partial charge in [0, 0.05) is 19.6 Å². The Morgan fingerprint density at radius 3 is 2.70 bits per heavy atom. The molecule has 27 heavy (non-hydrogen) atoms. The maximum Gasteiger partial charge on any atom is 0.338 e. The molecule has 0 spiro atoms. The molecular weight excluding hydrogens is 368 g/mol. The minimum absolute atomic E-state index is 0.170. The second-order valence-corrected chi connectivity index (χ2v) is 9.35. The number of anilines is 1. The highest BCUT2D eigenvalue weighted by Crippen LogP contribution is 2.30. The molecule has 0 saturated carbocycles. The zero-order valence-corrected chi connectivity index (χ0v) is 16.6. The summed E-state index contributed by atoms with van der Waals surface area (Å²) in [7, 11) is -3.34. The maximum absolute atomic E-state index is 12.3. The number of benzene rings is 1. The topological polar surface area (TPSA) is 84.0 Å². The van der Waals surface area contributed by atoms with Crippen LogP contribution in [0, 0.1) is 5.92 Å². The van der Waals surface area contributed by atoms with Crippen LogP contribution in [0.5, 0.6) is 0 Å². The lowest BCUT2D eigenvalue weighted by atomic mass is 10.0. The zero-order chi connectivity index (χ0) is 19.6. The molecule has 0 N–H and O–H groups in total. The zero-order valence-electron chi connectivity index (χ0n) is 15.8. The van der Waals surface area contributed by atoms with Crippen LogP contribution in [0.2, 0.25) is 0 Å². The van der Waals surface area contributed by atoms with Crippen LogP contribution in [-0.4, -0.2) is 57.7 Å². The summed E-state index contributed by atoms with van der Waals surface area (Å²) in [6, 6.07) is 4.86. The lowest BCUT2D eigenvalue weighted by Crippen LogP contribution is -2.41. The van der Waals surface area contributed by atoms with Gasteiger partial charge in [-0.2, -0.15) is 0 Å². The third-order valence-electron chi connectivity index (χ3n) is 5.13. The summed E-state index contributed by atoms with van der Waals surface area (Å²) in [5.74, 6) is -0.263. The lowest BCUT2D eigenvalue weighted by molar-refractivity contribution is -0.136. The van der Waals surface area contributed by atoms with Gasteiger partial charge >= 0.3 is 5.97 Å². The number of carbonyl (C=O) groups excluding carboxylic acids is 2. The molecule has 1 aromatic carbocycles. The fourth-order valence-corrected chi connectivity index (χ4v) is 4.75. The fourth-order valence-electron chi connectivity index (χ4n) is 3.75. The molecule has 2 aliphatic heterocycles. The fraction of sp³-hybridized carbons (Fsp3) is 0.579. The molecule has 0 aliphatic carbocycles. The molecule has 0 bridgehead atoms. The molecule has 1 aromatic rings. The highest BCUT2D eigenvalue weighted by atomic mass is 32.2. The Labute approximate surface area is 160 Å². The van der Waals surface area contributed by atoms with Gasteiger partial charge in [-0.3, -0.25) is 9.10 Å². The van der Waals surface area contributed by atoms with Gasteiger partial charge in [0.25, 0.3) is 5.91 Å². The highest BCUT2D eigenvalue weighted by molar-refractivity contribution is 7.92. The second kappa shape index (κ2) is 7.88. The van der Waals surface area contributed by atoms with Crippen molar-refractivity contribution in [3.05, 3.63) is 29.3 Å². The summed E-state index contributed by atoms with van der Waals surface area (Å²) in [4.78, 5) is 26.3. The first-order valence-corrected chi connectivity index (χ1v) is 11.2. The van der Waals surface area contributed by atoms with Gasteiger partial charge in [-0.15, -0.1) is 0 Å². The molecule has 0 unspecified atom stereocenters. The maximum atomic E-state index is 12.3. The highest BCUT2D eigenvalue weighted by Gasteiger charge is 2.26. The van der Waals surface area contributed by atoms with Crippen molar-refractivity contribution in [2.24, 2.45) is 5.92 Å². The number of ether oxygens (including phenoxy) is 1. The smallest absolute Gasteiger partial charge is 0.338 e. The van der Waals surface area contributed by atoms with E-state index in [1.165, 1.54) is 10.6 Å².